The molecule has 1 aromatic carbocycles. The summed E-state index contributed by atoms with van der Waals surface area (Å²) in [5, 5.41) is 4.55. The first-order chi connectivity index (χ1) is 14.0. The summed E-state index contributed by atoms with van der Waals surface area (Å²) in [6, 6.07) is 5.33. The number of carbonyl (C=O) groups excluding carboxylic acids is 1. The van der Waals surface area contributed by atoms with E-state index in [1.54, 1.807) is 31.9 Å². The zero-order chi connectivity index (χ0) is 21.9. The van der Waals surface area contributed by atoms with Gasteiger partial charge in [-0.1, -0.05) is 6.07 Å². The Hall–Kier alpha value is -2.68. The van der Waals surface area contributed by atoms with Gasteiger partial charge in [0.25, 0.3) is 0 Å². The van der Waals surface area contributed by atoms with Crippen LogP contribution in [-0.4, -0.2) is 34.1 Å². The molecule has 1 aliphatic rings. The molecule has 9 heteroatoms. The maximum Gasteiger partial charge on any atom is 0.416 e. The molecule has 0 saturated carbocycles. The van der Waals surface area contributed by atoms with Gasteiger partial charge in [-0.3, -0.25) is 0 Å². The molecule has 3 rings (SSSR count). The number of hydrogen-bond acceptors (Lipinski definition) is 6. The van der Waals surface area contributed by atoms with Crippen molar-refractivity contribution >= 4 is 17.6 Å². The molecule has 162 valence electrons. The quantitative estimate of drug-likeness (QED) is 0.754. The smallest absolute Gasteiger partial charge is 0.367 e. The first kappa shape index (κ1) is 22.0. The van der Waals surface area contributed by atoms with E-state index in [1.165, 1.54) is 18.5 Å². The standard InChI is InChI=1S/C21H25F3N4O2/c1-20(2,3)18(29)30-28-11-7-14(8-12-28)16-6-5-15(21(22,23)24)13-17(16)27-19-25-9-4-10-26-19/h4-6,9-10,13-14H,7-8,11-12H2,1-3H3,(H,25,26,27). The molecule has 1 fully saturated rings. The van der Waals surface area contributed by atoms with E-state index < -0.39 is 17.2 Å². The minimum absolute atomic E-state index is 0.0167. The largest absolute Gasteiger partial charge is 0.416 e. The summed E-state index contributed by atoms with van der Waals surface area (Å²) in [5.41, 5.74) is -0.239. The topological polar surface area (TPSA) is 67.3 Å². The van der Waals surface area contributed by atoms with E-state index >= 15 is 0 Å². The molecule has 1 aromatic heterocycles. The Morgan fingerprint density at radius 1 is 1.13 bits per heavy atom. The summed E-state index contributed by atoms with van der Waals surface area (Å²) in [6.07, 6.45) is -0.118. The number of halogens is 3. The summed E-state index contributed by atoms with van der Waals surface area (Å²) < 4.78 is 39.7. The van der Waals surface area contributed by atoms with Gasteiger partial charge in [0.1, 0.15) is 0 Å². The predicted octanol–water partition coefficient (Wildman–Crippen LogP) is 4.92. The highest BCUT2D eigenvalue weighted by Gasteiger charge is 2.33. The van der Waals surface area contributed by atoms with Gasteiger partial charge in [-0.15, -0.1) is 5.06 Å². The number of carbonyl (C=O) groups is 1. The second-order valence-corrected chi connectivity index (χ2v) is 8.33. The van der Waals surface area contributed by atoms with E-state index in [0.29, 0.717) is 31.6 Å². The fourth-order valence-corrected chi connectivity index (χ4v) is 3.19. The van der Waals surface area contributed by atoms with Crippen LogP contribution >= 0.6 is 0 Å². The molecule has 0 spiro atoms. The molecule has 0 amide bonds. The van der Waals surface area contributed by atoms with Crippen LogP contribution in [0.25, 0.3) is 0 Å². The van der Waals surface area contributed by atoms with Crippen LogP contribution in [0.5, 0.6) is 0 Å². The highest BCUT2D eigenvalue weighted by Crippen LogP contribution is 2.38. The van der Waals surface area contributed by atoms with E-state index in [4.69, 9.17) is 4.84 Å². The number of benzene rings is 1. The second kappa shape index (κ2) is 8.59. The molecule has 2 aromatic rings. The second-order valence-electron chi connectivity index (χ2n) is 8.33. The normalized spacial score (nSPS) is 16.3. The van der Waals surface area contributed by atoms with Crippen molar-refractivity contribution in [1.82, 2.24) is 15.0 Å². The number of nitrogens with one attached hydrogen (secondary N) is 1. The Kier molecular flexibility index (Phi) is 6.30. The van der Waals surface area contributed by atoms with Gasteiger partial charge in [0, 0.05) is 31.2 Å². The SMILES string of the molecule is CC(C)(C)C(=O)ON1CCC(c2ccc(C(F)(F)F)cc2Nc2ncccn2)CC1. The summed E-state index contributed by atoms with van der Waals surface area (Å²) in [5.74, 6) is -0.0586. The molecule has 1 saturated heterocycles. The van der Waals surface area contributed by atoms with E-state index in [2.05, 4.69) is 15.3 Å². The first-order valence-electron chi connectivity index (χ1n) is 9.76. The van der Waals surface area contributed by atoms with Gasteiger partial charge in [-0.2, -0.15) is 13.2 Å². The Bertz CT molecular complexity index is 874. The summed E-state index contributed by atoms with van der Waals surface area (Å²) >= 11 is 0. The molecule has 0 aliphatic carbocycles. The molecule has 1 N–H and O–H groups in total. The van der Waals surface area contributed by atoms with E-state index in [1.807, 2.05) is 0 Å². The van der Waals surface area contributed by atoms with Crippen LogP contribution in [0.1, 0.15) is 50.7 Å². The van der Waals surface area contributed by atoms with Crippen LogP contribution in [0.4, 0.5) is 24.8 Å². The van der Waals surface area contributed by atoms with Crippen molar-refractivity contribution in [2.45, 2.75) is 45.7 Å². The van der Waals surface area contributed by atoms with Gasteiger partial charge in [-0.05, 0) is 63.3 Å². The molecule has 0 bridgehead atoms. The van der Waals surface area contributed by atoms with Gasteiger partial charge in [0.2, 0.25) is 5.95 Å². The Morgan fingerprint density at radius 3 is 2.33 bits per heavy atom. The molecule has 0 atom stereocenters. The average molecular weight is 422 g/mol. The number of alkyl halides is 3. The fourth-order valence-electron chi connectivity index (χ4n) is 3.19. The molecule has 30 heavy (non-hydrogen) atoms. The van der Waals surface area contributed by atoms with Crippen molar-refractivity contribution in [1.29, 1.82) is 0 Å². The van der Waals surface area contributed by atoms with Gasteiger partial charge < -0.3 is 10.2 Å². The monoisotopic (exact) mass is 422 g/mol. The number of hydrogen-bond donors (Lipinski definition) is 1. The number of aromatic nitrogens is 2. The van der Waals surface area contributed by atoms with Gasteiger partial charge in [0.15, 0.2) is 0 Å². The summed E-state index contributed by atoms with van der Waals surface area (Å²) in [4.78, 5) is 25.6. The number of rotatable bonds is 4. The van der Waals surface area contributed by atoms with E-state index in [0.717, 1.165) is 17.7 Å². The van der Waals surface area contributed by atoms with Crippen LogP contribution in [0.3, 0.4) is 0 Å². The van der Waals surface area contributed by atoms with Gasteiger partial charge >= 0.3 is 12.1 Å². The number of anilines is 2. The van der Waals surface area contributed by atoms with Crippen LogP contribution in [0, 0.1) is 5.41 Å². The Labute approximate surface area is 173 Å². The molecule has 2 heterocycles. The lowest BCUT2D eigenvalue weighted by Crippen LogP contribution is -2.38. The molecule has 6 nitrogen and oxygen atoms in total. The van der Waals surface area contributed by atoms with Crippen molar-refractivity contribution in [3.63, 3.8) is 0 Å². The molecular formula is C21H25F3N4O2. The average Bonchev–Trinajstić information content (AvgIpc) is 2.68. The summed E-state index contributed by atoms with van der Waals surface area (Å²) in [7, 11) is 0. The molecule has 0 unspecified atom stereocenters. The maximum atomic E-state index is 13.2. The Balaban J connectivity index is 1.77. The zero-order valence-electron chi connectivity index (χ0n) is 17.2. The van der Waals surface area contributed by atoms with Crippen molar-refractivity contribution in [2.75, 3.05) is 18.4 Å². The highest BCUT2D eigenvalue weighted by atomic mass is 19.4. The maximum absolute atomic E-state index is 13.2. The van der Waals surface area contributed by atoms with Gasteiger partial charge in [-0.25, -0.2) is 14.8 Å². The van der Waals surface area contributed by atoms with E-state index in [-0.39, 0.29) is 17.8 Å². The number of hydroxylamine groups is 2. The minimum Gasteiger partial charge on any atom is -0.367 e. The van der Waals surface area contributed by atoms with Crippen LogP contribution in [0.2, 0.25) is 0 Å². The fraction of sp³-hybridized carbons (Fsp3) is 0.476. The van der Waals surface area contributed by atoms with Crippen molar-refractivity contribution in [2.24, 2.45) is 5.41 Å². The van der Waals surface area contributed by atoms with Crippen LogP contribution < -0.4 is 5.32 Å². The summed E-state index contributed by atoms with van der Waals surface area (Å²) in [6.45, 7) is 6.37. The first-order valence-corrected chi connectivity index (χ1v) is 9.76. The third kappa shape index (κ3) is 5.47. The lowest BCUT2D eigenvalue weighted by Gasteiger charge is -2.33. The van der Waals surface area contributed by atoms with Crippen molar-refractivity contribution in [3.8, 4) is 0 Å². The molecular weight excluding hydrogens is 397 g/mol. The van der Waals surface area contributed by atoms with Gasteiger partial charge in [0.05, 0.1) is 11.0 Å². The van der Waals surface area contributed by atoms with Crippen LogP contribution in [0.15, 0.2) is 36.7 Å². The van der Waals surface area contributed by atoms with E-state index in [9.17, 15) is 18.0 Å². The lowest BCUT2D eigenvalue weighted by molar-refractivity contribution is -0.204. The highest BCUT2D eigenvalue weighted by molar-refractivity contribution is 5.75. The zero-order valence-corrected chi connectivity index (χ0v) is 17.2. The predicted molar refractivity (Wildman–Crippen MR) is 106 cm³/mol. The number of nitrogens with zero attached hydrogens (tertiary/aromatic N) is 3. The molecule has 0 radical (unpaired) electrons. The lowest BCUT2D eigenvalue weighted by atomic mass is 9.88. The van der Waals surface area contributed by atoms with Crippen LogP contribution in [-0.2, 0) is 15.8 Å². The molecule has 1 aliphatic heterocycles. The van der Waals surface area contributed by atoms with Crippen molar-refractivity contribution < 1.29 is 22.8 Å². The third-order valence-electron chi connectivity index (χ3n) is 4.91. The Morgan fingerprint density at radius 2 is 1.77 bits per heavy atom. The number of piperidine rings is 1. The minimum atomic E-state index is -4.45. The third-order valence-corrected chi connectivity index (χ3v) is 4.91. The van der Waals surface area contributed by atoms with Crippen molar-refractivity contribution in [3.05, 3.63) is 47.8 Å².